The molecule has 0 spiro atoms. The molecule has 0 aliphatic rings. The number of aryl methyl sites for hydroxylation is 2. The number of carbonyl (C=O) groups excluding carboxylic acids is 2. The van der Waals surface area contributed by atoms with Crippen LogP contribution in [0.5, 0.6) is 5.75 Å². The van der Waals surface area contributed by atoms with Crippen LogP contribution in [0.15, 0.2) is 42.5 Å². The van der Waals surface area contributed by atoms with Crippen LogP contribution >= 0.6 is 0 Å². The minimum atomic E-state index is -0.612. The molecular weight excluding hydrogens is 356 g/mol. The molecule has 0 aliphatic carbocycles. The minimum absolute atomic E-state index is 0.102. The van der Waals surface area contributed by atoms with Gasteiger partial charge < -0.3 is 14.8 Å². The summed E-state index contributed by atoms with van der Waals surface area (Å²) in [7, 11) is 1.51. The normalized spacial score (nSPS) is 10.9. The molecule has 2 N–H and O–H groups in total. The van der Waals surface area contributed by atoms with Crippen molar-refractivity contribution in [3.05, 3.63) is 53.6 Å². The van der Waals surface area contributed by atoms with Gasteiger partial charge in [0, 0.05) is 12.1 Å². The number of benzene rings is 2. The third-order valence-electron chi connectivity index (χ3n) is 3.84. The number of rotatable bonds is 6. The molecule has 2 rings (SSSR count). The van der Waals surface area contributed by atoms with Crippen LogP contribution in [-0.4, -0.2) is 24.7 Å². The van der Waals surface area contributed by atoms with E-state index in [-0.39, 0.29) is 5.91 Å². The Balaban J connectivity index is 2.01. The second kappa shape index (κ2) is 9.26. The molecule has 6 nitrogen and oxygen atoms in total. The highest BCUT2D eigenvalue weighted by Gasteiger charge is 2.18. The van der Waals surface area contributed by atoms with Gasteiger partial charge in [-0.05, 0) is 57.9 Å². The van der Waals surface area contributed by atoms with Crippen molar-refractivity contribution >= 4 is 23.4 Å². The Bertz CT molecular complexity index is 841. The summed E-state index contributed by atoms with van der Waals surface area (Å²) in [5.74, 6) is 0.374. The van der Waals surface area contributed by atoms with Crippen LogP contribution in [0, 0.1) is 6.92 Å². The molecule has 0 radical (unpaired) electrons. The highest BCUT2D eigenvalue weighted by Crippen LogP contribution is 2.28. The predicted molar refractivity (Wildman–Crippen MR) is 111 cm³/mol. The summed E-state index contributed by atoms with van der Waals surface area (Å²) in [5, 5.41) is 5.51. The Morgan fingerprint density at radius 1 is 1.04 bits per heavy atom. The van der Waals surface area contributed by atoms with Crippen LogP contribution < -0.4 is 15.4 Å². The van der Waals surface area contributed by atoms with E-state index in [1.54, 1.807) is 39.0 Å². The smallest absolute Gasteiger partial charge is 0.412 e. The van der Waals surface area contributed by atoms with E-state index in [0.29, 0.717) is 30.0 Å². The van der Waals surface area contributed by atoms with Crippen LogP contribution in [0.25, 0.3) is 0 Å². The monoisotopic (exact) mass is 384 g/mol. The summed E-state index contributed by atoms with van der Waals surface area (Å²) in [6, 6.07) is 13.2. The van der Waals surface area contributed by atoms with Crippen LogP contribution in [0.1, 0.15) is 38.3 Å². The second-order valence-corrected chi connectivity index (χ2v) is 7.58. The molecule has 2 amide bonds. The lowest BCUT2D eigenvalue weighted by atomic mass is 10.1. The second-order valence-electron chi connectivity index (χ2n) is 7.58. The average molecular weight is 384 g/mol. The van der Waals surface area contributed by atoms with E-state index in [1.807, 2.05) is 25.1 Å². The van der Waals surface area contributed by atoms with Gasteiger partial charge in [0.1, 0.15) is 11.4 Å². The number of amides is 2. The molecule has 0 unspecified atom stereocenters. The molecule has 0 saturated heterocycles. The average Bonchev–Trinajstić information content (AvgIpc) is 2.59. The number of ether oxygens (including phenoxy) is 2. The largest absolute Gasteiger partial charge is 0.495 e. The topological polar surface area (TPSA) is 76.7 Å². The van der Waals surface area contributed by atoms with Crippen molar-refractivity contribution in [3.63, 3.8) is 0 Å². The standard InChI is InChI=1S/C22H28N2O4/c1-15-7-6-8-16(13-15)9-12-20(25)23-17-10-11-19(27-5)18(14-17)24-21(26)28-22(2,3)4/h6-8,10-11,13-14H,9,12H2,1-5H3,(H,23,25)(H,24,26). The van der Waals surface area contributed by atoms with Crippen molar-refractivity contribution in [2.24, 2.45) is 0 Å². The Kier molecular flexibility index (Phi) is 7.04. The van der Waals surface area contributed by atoms with Crippen molar-refractivity contribution in [1.82, 2.24) is 0 Å². The highest BCUT2D eigenvalue weighted by atomic mass is 16.6. The molecule has 0 aromatic heterocycles. The van der Waals surface area contributed by atoms with E-state index >= 15 is 0 Å². The van der Waals surface area contributed by atoms with Crippen LogP contribution in [0.3, 0.4) is 0 Å². The van der Waals surface area contributed by atoms with Crippen LogP contribution in [0.4, 0.5) is 16.2 Å². The Labute approximate surface area is 166 Å². The Hall–Kier alpha value is -3.02. The van der Waals surface area contributed by atoms with E-state index in [4.69, 9.17) is 9.47 Å². The minimum Gasteiger partial charge on any atom is -0.495 e. The van der Waals surface area contributed by atoms with Crippen molar-refractivity contribution in [2.45, 2.75) is 46.1 Å². The molecule has 0 atom stereocenters. The molecule has 2 aromatic rings. The molecule has 0 saturated carbocycles. The van der Waals surface area contributed by atoms with Gasteiger partial charge in [-0.3, -0.25) is 10.1 Å². The van der Waals surface area contributed by atoms with Gasteiger partial charge in [-0.15, -0.1) is 0 Å². The van der Waals surface area contributed by atoms with Gasteiger partial charge in [0.2, 0.25) is 5.91 Å². The Morgan fingerprint density at radius 3 is 2.43 bits per heavy atom. The molecule has 2 aromatic carbocycles. The summed E-state index contributed by atoms with van der Waals surface area (Å²) >= 11 is 0. The maximum absolute atomic E-state index is 12.3. The lowest BCUT2D eigenvalue weighted by Crippen LogP contribution is -2.27. The number of anilines is 2. The first-order valence-electron chi connectivity index (χ1n) is 9.20. The fourth-order valence-corrected chi connectivity index (χ4v) is 2.65. The summed E-state index contributed by atoms with van der Waals surface area (Å²) in [5.41, 5.74) is 2.68. The fourth-order valence-electron chi connectivity index (χ4n) is 2.65. The first-order valence-corrected chi connectivity index (χ1v) is 9.20. The number of hydrogen-bond acceptors (Lipinski definition) is 4. The molecule has 0 fully saturated rings. The summed E-state index contributed by atoms with van der Waals surface area (Å²) < 4.78 is 10.5. The summed E-state index contributed by atoms with van der Waals surface area (Å²) in [4.78, 5) is 24.3. The van der Waals surface area contributed by atoms with Gasteiger partial charge in [-0.25, -0.2) is 4.79 Å². The number of methoxy groups -OCH3 is 1. The van der Waals surface area contributed by atoms with Crippen LogP contribution in [0.2, 0.25) is 0 Å². The number of nitrogens with one attached hydrogen (secondary N) is 2. The molecule has 28 heavy (non-hydrogen) atoms. The van der Waals surface area contributed by atoms with Gasteiger partial charge in [0.25, 0.3) is 0 Å². The summed E-state index contributed by atoms with van der Waals surface area (Å²) in [6.45, 7) is 7.39. The zero-order valence-electron chi connectivity index (χ0n) is 17.1. The zero-order valence-corrected chi connectivity index (χ0v) is 17.1. The molecule has 0 heterocycles. The first-order chi connectivity index (χ1) is 13.2. The van der Waals surface area contributed by atoms with Gasteiger partial charge in [0.05, 0.1) is 12.8 Å². The molecule has 0 aliphatic heterocycles. The lowest BCUT2D eigenvalue weighted by Gasteiger charge is -2.20. The third kappa shape index (κ3) is 6.95. The maximum Gasteiger partial charge on any atom is 0.412 e. The van der Waals surface area contributed by atoms with Crippen molar-refractivity contribution < 1.29 is 19.1 Å². The Morgan fingerprint density at radius 2 is 1.79 bits per heavy atom. The van der Waals surface area contributed by atoms with Crippen molar-refractivity contribution in [2.75, 3.05) is 17.7 Å². The number of hydrogen-bond donors (Lipinski definition) is 2. The van der Waals surface area contributed by atoms with Crippen LogP contribution in [-0.2, 0) is 16.0 Å². The quantitative estimate of drug-likeness (QED) is 0.741. The summed E-state index contributed by atoms with van der Waals surface area (Å²) in [6.07, 6.45) is 0.436. The predicted octanol–water partition coefficient (Wildman–Crippen LogP) is 4.92. The van der Waals surface area contributed by atoms with Gasteiger partial charge in [-0.2, -0.15) is 0 Å². The lowest BCUT2D eigenvalue weighted by molar-refractivity contribution is -0.116. The zero-order chi connectivity index (χ0) is 20.7. The third-order valence-corrected chi connectivity index (χ3v) is 3.84. The fraction of sp³-hybridized carbons (Fsp3) is 0.364. The van der Waals surface area contributed by atoms with Gasteiger partial charge in [0.15, 0.2) is 0 Å². The van der Waals surface area contributed by atoms with Gasteiger partial charge in [-0.1, -0.05) is 29.8 Å². The first kappa shape index (κ1) is 21.3. The van der Waals surface area contributed by atoms with E-state index in [2.05, 4.69) is 16.7 Å². The van der Waals surface area contributed by atoms with E-state index in [0.717, 1.165) is 5.56 Å². The number of carbonyl (C=O) groups is 2. The van der Waals surface area contributed by atoms with E-state index in [9.17, 15) is 9.59 Å². The SMILES string of the molecule is COc1ccc(NC(=O)CCc2cccc(C)c2)cc1NC(=O)OC(C)(C)C. The maximum atomic E-state index is 12.3. The molecule has 150 valence electrons. The van der Waals surface area contributed by atoms with Crippen molar-refractivity contribution in [1.29, 1.82) is 0 Å². The van der Waals surface area contributed by atoms with Crippen molar-refractivity contribution in [3.8, 4) is 5.75 Å². The van der Waals surface area contributed by atoms with E-state index in [1.165, 1.54) is 12.7 Å². The molecule has 6 heteroatoms. The van der Waals surface area contributed by atoms with Gasteiger partial charge >= 0.3 is 6.09 Å². The van der Waals surface area contributed by atoms with E-state index < -0.39 is 11.7 Å². The molecular formula is C22H28N2O4. The highest BCUT2D eigenvalue weighted by molar-refractivity contribution is 5.93. The molecule has 0 bridgehead atoms.